The summed E-state index contributed by atoms with van der Waals surface area (Å²) < 4.78 is 1.72. The van der Waals surface area contributed by atoms with Gasteiger partial charge in [-0.25, -0.2) is 9.78 Å². The number of thioether (sulfide) groups is 1. The SMILES string of the molecule is CSc1ccc(/C=C/C(=O)N2CCC(C(=O)N[C@@H](Cc3cn(C)cn3)C(=O)O)CC2)c(Cl)c1Cl. The van der Waals surface area contributed by atoms with Gasteiger partial charge in [-0.1, -0.05) is 29.3 Å². The molecule has 1 atom stereocenters. The van der Waals surface area contributed by atoms with Gasteiger partial charge < -0.3 is 19.9 Å². The van der Waals surface area contributed by atoms with Crippen molar-refractivity contribution in [1.82, 2.24) is 19.8 Å². The number of aliphatic carboxylic acids is 1. The molecule has 1 aromatic heterocycles. The molecule has 1 aliphatic heterocycles. The molecule has 0 bridgehead atoms. The fourth-order valence-corrected chi connectivity index (χ4v) is 4.91. The lowest BCUT2D eigenvalue weighted by atomic mass is 9.95. The Balaban J connectivity index is 1.53. The number of piperidine rings is 1. The number of imidazole rings is 1. The average molecular weight is 525 g/mol. The maximum Gasteiger partial charge on any atom is 0.326 e. The van der Waals surface area contributed by atoms with Crippen LogP contribution in [0.1, 0.15) is 24.1 Å². The first-order valence-electron chi connectivity index (χ1n) is 10.7. The number of likely N-dealkylation sites (tertiary alicyclic amines) is 1. The van der Waals surface area contributed by atoms with Crippen LogP contribution in [-0.2, 0) is 27.9 Å². The van der Waals surface area contributed by atoms with Gasteiger partial charge in [0.25, 0.3) is 0 Å². The summed E-state index contributed by atoms with van der Waals surface area (Å²) in [6.07, 6.45) is 9.31. The van der Waals surface area contributed by atoms with Gasteiger partial charge in [0.05, 0.1) is 22.1 Å². The minimum atomic E-state index is -1.11. The standard InChI is InChI=1S/C23H26Cl2N4O4S/c1-28-12-16(26-13-28)11-17(23(32)33)27-22(31)15-7-9-29(10-8-15)19(30)6-4-14-3-5-18(34-2)21(25)20(14)24/h3-6,12-13,15,17H,7-11H2,1-2H3,(H,27,31)(H,32,33)/b6-4+/t17-/m0/s1. The third-order valence-electron chi connectivity index (χ3n) is 5.67. The van der Waals surface area contributed by atoms with Crippen molar-refractivity contribution in [3.63, 3.8) is 0 Å². The van der Waals surface area contributed by atoms with Crippen molar-refractivity contribution in [2.75, 3.05) is 19.3 Å². The molecule has 3 rings (SSSR count). The van der Waals surface area contributed by atoms with Crippen molar-refractivity contribution < 1.29 is 19.5 Å². The molecule has 2 aromatic rings. The lowest BCUT2D eigenvalue weighted by molar-refractivity contribution is -0.142. The fraction of sp³-hybridized carbons (Fsp3) is 0.391. The average Bonchev–Trinajstić information content (AvgIpc) is 3.24. The van der Waals surface area contributed by atoms with E-state index in [0.29, 0.717) is 47.2 Å². The van der Waals surface area contributed by atoms with E-state index in [-0.39, 0.29) is 24.2 Å². The first-order chi connectivity index (χ1) is 16.2. The normalized spacial score (nSPS) is 15.5. The van der Waals surface area contributed by atoms with Crippen LogP contribution < -0.4 is 5.32 Å². The van der Waals surface area contributed by atoms with Gasteiger partial charge in [-0.15, -0.1) is 11.8 Å². The van der Waals surface area contributed by atoms with Crippen molar-refractivity contribution >= 4 is 58.8 Å². The molecular weight excluding hydrogens is 499 g/mol. The number of benzene rings is 1. The van der Waals surface area contributed by atoms with Crippen molar-refractivity contribution in [3.05, 3.63) is 52.0 Å². The molecule has 2 N–H and O–H groups in total. The highest BCUT2D eigenvalue weighted by Gasteiger charge is 2.30. The Morgan fingerprint density at radius 3 is 2.56 bits per heavy atom. The second-order valence-corrected chi connectivity index (χ2v) is 9.66. The highest BCUT2D eigenvalue weighted by molar-refractivity contribution is 7.98. The number of carboxylic acids is 1. The highest BCUT2D eigenvalue weighted by atomic mass is 35.5. The van der Waals surface area contributed by atoms with Gasteiger partial charge in [0, 0.05) is 49.6 Å². The molecule has 34 heavy (non-hydrogen) atoms. The first kappa shape index (κ1) is 26.1. The number of hydrogen-bond acceptors (Lipinski definition) is 5. The molecule has 1 fully saturated rings. The van der Waals surface area contributed by atoms with E-state index in [4.69, 9.17) is 23.2 Å². The second kappa shape index (κ2) is 11.8. The quantitative estimate of drug-likeness (QED) is 0.404. The Hall–Kier alpha value is -2.49. The predicted octanol–water partition coefficient (Wildman–Crippen LogP) is 3.51. The van der Waals surface area contributed by atoms with E-state index in [1.54, 1.807) is 35.1 Å². The number of carboxylic acid groups (broad SMARTS) is 1. The molecule has 0 unspecified atom stereocenters. The Bertz CT molecular complexity index is 1100. The van der Waals surface area contributed by atoms with Crippen LogP contribution in [-0.4, -0.2) is 62.7 Å². The van der Waals surface area contributed by atoms with Gasteiger partial charge in [-0.05, 0) is 36.8 Å². The number of aryl methyl sites for hydroxylation is 1. The largest absolute Gasteiger partial charge is 0.480 e. The molecule has 2 heterocycles. The first-order valence-corrected chi connectivity index (χ1v) is 12.7. The van der Waals surface area contributed by atoms with Gasteiger partial charge >= 0.3 is 5.97 Å². The molecule has 1 aromatic carbocycles. The van der Waals surface area contributed by atoms with Crippen molar-refractivity contribution in [3.8, 4) is 0 Å². The Morgan fingerprint density at radius 1 is 1.26 bits per heavy atom. The maximum absolute atomic E-state index is 12.7. The second-order valence-electron chi connectivity index (χ2n) is 8.05. The third-order valence-corrected chi connectivity index (χ3v) is 7.45. The number of nitrogens with one attached hydrogen (secondary N) is 1. The summed E-state index contributed by atoms with van der Waals surface area (Å²) in [6, 6.07) is 2.61. The maximum atomic E-state index is 12.7. The predicted molar refractivity (Wildman–Crippen MR) is 133 cm³/mol. The Morgan fingerprint density at radius 2 is 1.97 bits per heavy atom. The van der Waals surface area contributed by atoms with Crippen molar-refractivity contribution in [2.45, 2.75) is 30.2 Å². The molecule has 11 heteroatoms. The molecule has 2 amide bonds. The van der Waals surface area contributed by atoms with Crippen LogP contribution in [0.15, 0.2) is 35.6 Å². The molecular formula is C23H26Cl2N4O4S. The molecule has 0 saturated carbocycles. The van der Waals surface area contributed by atoms with Crippen LogP contribution in [0.5, 0.6) is 0 Å². The number of nitrogens with zero attached hydrogens (tertiary/aromatic N) is 3. The zero-order chi connectivity index (χ0) is 24.8. The van der Waals surface area contributed by atoms with E-state index in [9.17, 15) is 19.5 Å². The zero-order valence-electron chi connectivity index (χ0n) is 18.8. The zero-order valence-corrected chi connectivity index (χ0v) is 21.2. The lowest BCUT2D eigenvalue weighted by Gasteiger charge is -2.31. The van der Waals surface area contributed by atoms with E-state index in [0.717, 1.165) is 4.90 Å². The third kappa shape index (κ3) is 6.55. The summed E-state index contributed by atoms with van der Waals surface area (Å²) in [6.45, 7) is 0.804. The monoisotopic (exact) mass is 524 g/mol. The topological polar surface area (TPSA) is 105 Å². The van der Waals surface area contributed by atoms with Crippen molar-refractivity contribution in [2.24, 2.45) is 13.0 Å². The van der Waals surface area contributed by atoms with Gasteiger partial charge in [0.15, 0.2) is 0 Å². The summed E-state index contributed by atoms with van der Waals surface area (Å²) in [7, 11) is 1.79. The smallest absolute Gasteiger partial charge is 0.326 e. The summed E-state index contributed by atoms with van der Waals surface area (Å²) in [5.74, 6) is -1.97. The highest BCUT2D eigenvalue weighted by Crippen LogP contribution is 2.35. The van der Waals surface area contributed by atoms with Crippen LogP contribution in [0.3, 0.4) is 0 Å². The van der Waals surface area contributed by atoms with E-state index < -0.39 is 12.0 Å². The number of amides is 2. The summed E-state index contributed by atoms with van der Waals surface area (Å²) in [5.41, 5.74) is 1.24. The molecule has 1 saturated heterocycles. The van der Waals surface area contributed by atoms with Crippen LogP contribution in [0.25, 0.3) is 6.08 Å². The number of carbonyl (C=O) groups excluding carboxylic acids is 2. The van der Waals surface area contributed by atoms with Crippen LogP contribution >= 0.6 is 35.0 Å². The molecule has 0 aliphatic carbocycles. The summed E-state index contributed by atoms with van der Waals surface area (Å²) in [4.78, 5) is 43.5. The van der Waals surface area contributed by atoms with E-state index in [2.05, 4.69) is 10.3 Å². The summed E-state index contributed by atoms with van der Waals surface area (Å²) >= 11 is 14.0. The fourth-order valence-electron chi connectivity index (χ4n) is 3.73. The molecule has 0 radical (unpaired) electrons. The number of carbonyl (C=O) groups is 3. The van der Waals surface area contributed by atoms with E-state index in [1.165, 1.54) is 17.8 Å². The molecule has 182 valence electrons. The Kier molecular flexibility index (Phi) is 9.04. The van der Waals surface area contributed by atoms with Gasteiger partial charge in [-0.2, -0.15) is 0 Å². The number of halogens is 2. The van der Waals surface area contributed by atoms with Gasteiger partial charge in [0.1, 0.15) is 6.04 Å². The Labute approximate surface area is 212 Å². The van der Waals surface area contributed by atoms with Crippen molar-refractivity contribution in [1.29, 1.82) is 0 Å². The molecule has 8 nitrogen and oxygen atoms in total. The van der Waals surface area contributed by atoms with Crippen LogP contribution in [0, 0.1) is 5.92 Å². The molecule has 1 aliphatic rings. The number of hydrogen-bond donors (Lipinski definition) is 2. The lowest BCUT2D eigenvalue weighted by Crippen LogP contribution is -2.48. The minimum Gasteiger partial charge on any atom is -0.480 e. The van der Waals surface area contributed by atoms with Crippen LogP contribution in [0.2, 0.25) is 10.0 Å². The van der Waals surface area contributed by atoms with E-state index >= 15 is 0 Å². The number of aromatic nitrogens is 2. The number of rotatable bonds is 8. The van der Waals surface area contributed by atoms with Gasteiger partial charge in [0.2, 0.25) is 11.8 Å². The van der Waals surface area contributed by atoms with Crippen LogP contribution in [0.4, 0.5) is 0 Å². The van der Waals surface area contributed by atoms with Gasteiger partial charge in [-0.3, -0.25) is 9.59 Å². The molecule has 0 spiro atoms. The van der Waals surface area contributed by atoms with E-state index in [1.807, 2.05) is 18.4 Å². The summed E-state index contributed by atoms with van der Waals surface area (Å²) in [5, 5.41) is 13.0. The minimum absolute atomic E-state index is 0.106.